The van der Waals surface area contributed by atoms with Crippen LogP contribution >= 0.6 is 0 Å². The smallest absolute Gasteiger partial charge is 0.200 e. The molecule has 0 aliphatic heterocycles. The number of alkyl halides is 1. The molecule has 2 N–H and O–H groups in total. The molecule has 0 aromatic heterocycles. The molecular formula is C9H10F3NO. The van der Waals surface area contributed by atoms with Gasteiger partial charge in [-0.25, -0.2) is 8.78 Å². The Bertz CT molecular complexity index is 330. The summed E-state index contributed by atoms with van der Waals surface area (Å²) in [7, 11) is 1.14. The van der Waals surface area contributed by atoms with Crippen LogP contribution < -0.4 is 10.5 Å². The fourth-order valence-electron chi connectivity index (χ4n) is 1.13. The minimum Gasteiger partial charge on any atom is -0.493 e. The zero-order valence-corrected chi connectivity index (χ0v) is 7.56. The fraction of sp³-hybridized carbons (Fsp3) is 0.333. The molecule has 0 fully saturated rings. The average molecular weight is 205 g/mol. The van der Waals surface area contributed by atoms with E-state index in [1.807, 2.05) is 0 Å². The van der Waals surface area contributed by atoms with E-state index in [9.17, 15) is 13.2 Å². The summed E-state index contributed by atoms with van der Waals surface area (Å²) in [6, 6.07) is 1.96. The van der Waals surface area contributed by atoms with Crippen molar-refractivity contribution in [1.82, 2.24) is 0 Å². The van der Waals surface area contributed by atoms with Gasteiger partial charge in [0.1, 0.15) is 6.17 Å². The van der Waals surface area contributed by atoms with Crippen LogP contribution in [0.15, 0.2) is 12.1 Å². The third-order valence-electron chi connectivity index (χ3n) is 1.83. The van der Waals surface area contributed by atoms with Crippen molar-refractivity contribution in [2.75, 3.05) is 13.7 Å². The number of hydrogen-bond donors (Lipinski definition) is 1. The Balaban J connectivity index is 3.23. The van der Waals surface area contributed by atoms with E-state index in [-0.39, 0.29) is 12.1 Å². The van der Waals surface area contributed by atoms with Gasteiger partial charge < -0.3 is 10.5 Å². The Morgan fingerprint density at radius 3 is 2.57 bits per heavy atom. The molecule has 78 valence electrons. The molecule has 1 atom stereocenters. The topological polar surface area (TPSA) is 35.2 Å². The summed E-state index contributed by atoms with van der Waals surface area (Å²) >= 11 is 0. The molecule has 0 spiro atoms. The highest BCUT2D eigenvalue weighted by Crippen LogP contribution is 2.30. The van der Waals surface area contributed by atoms with Crippen molar-refractivity contribution in [2.24, 2.45) is 5.73 Å². The van der Waals surface area contributed by atoms with Crippen molar-refractivity contribution < 1.29 is 17.9 Å². The number of nitrogens with two attached hydrogens (primary N) is 1. The summed E-state index contributed by atoms with van der Waals surface area (Å²) in [6.45, 7) is -0.304. The molecule has 1 aromatic carbocycles. The SMILES string of the molecule is COc1c(C(F)CN)ccc(F)c1F. The third kappa shape index (κ3) is 1.82. The zero-order chi connectivity index (χ0) is 10.7. The van der Waals surface area contributed by atoms with Gasteiger partial charge in [0.25, 0.3) is 0 Å². The highest BCUT2D eigenvalue weighted by Gasteiger charge is 2.19. The largest absolute Gasteiger partial charge is 0.493 e. The number of halogens is 3. The van der Waals surface area contributed by atoms with Crippen molar-refractivity contribution in [2.45, 2.75) is 6.17 Å². The molecule has 1 unspecified atom stereocenters. The van der Waals surface area contributed by atoms with Crippen LogP contribution in [0.25, 0.3) is 0 Å². The molecule has 5 heteroatoms. The van der Waals surface area contributed by atoms with Gasteiger partial charge in [-0.1, -0.05) is 0 Å². The molecule has 0 saturated carbocycles. The predicted octanol–water partition coefficient (Wildman–Crippen LogP) is 1.94. The molecule has 0 amide bonds. The quantitative estimate of drug-likeness (QED) is 0.818. The summed E-state index contributed by atoms with van der Waals surface area (Å²) in [6.07, 6.45) is -1.56. The normalized spacial score (nSPS) is 12.6. The molecular weight excluding hydrogens is 195 g/mol. The van der Waals surface area contributed by atoms with Crippen LogP contribution in [0.4, 0.5) is 13.2 Å². The van der Waals surface area contributed by atoms with E-state index in [1.54, 1.807) is 0 Å². The van der Waals surface area contributed by atoms with E-state index in [1.165, 1.54) is 0 Å². The van der Waals surface area contributed by atoms with Gasteiger partial charge in [-0.15, -0.1) is 0 Å². The van der Waals surface area contributed by atoms with Gasteiger partial charge in [0.05, 0.1) is 7.11 Å². The molecule has 14 heavy (non-hydrogen) atoms. The first-order valence-electron chi connectivity index (χ1n) is 3.97. The van der Waals surface area contributed by atoms with Crippen molar-refractivity contribution in [3.8, 4) is 5.75 Å². The van der Waals surface area contributed by atoms with E-state index < -0.39 is 23.6 Å². The van der Waals surface area contributed by atoms with Gasteiger partial charge in [0.15, 0.2) is 11.6 Å². The van der Waals surface area contributed by atoms with Crippen LogP contribution in [-0.4, -0.2) is 13.7 Å². The maximum absolute atomic E-state index is 13.1. The molecule has 0 heterocycles. The number of rotatable bonds is 3. The van der Waals surface area contributed by atoms with Crippen molar-refractivity contribution >= 4 is 0 Å². The molecule has 1 aromatic rings. The van der Waals surface area contributed by atoms with Crippen molar-refractivity contribution in [3.63, 3.8) is 0 Å². The Hall–Kier alpha value is -1.23. The maximum atomic E-state index is 13.1. The first-order chi connectivity index (χ1) is 6.61. The lowest BCUT2D eigenvalue weighted by Crippen LogP contribution is -2.10. The summed E-state index contributed by atoms with van der Waals surface area (Å²) < 4.78 is 43.5. The third-order valence-corrected chi connectivity index (χ3v) is 1.83. The second-order valence-electron chi connectivity index (χ2n) is 2.69. The lowest BCUT2D eigenvalue weighted by atomic mass is 10.1. The van der Waals surface area contributed by atoms with E-state index in [2.05, 4.69) is 4.74 Å². The fourth-order valence-corrected chi connectivity index (χ4v) is 1.13. The van der Waals surface area contributed by atoms with E-state index in [0.717, 1.165) is 19.2 Å². The standard InChI is InChI=1S/C9H10F3NO/c1-14-9-5(7(11)4-13)2-3-6(10)8(9)12/h2-3,7H,4,13H2,1H3. The summed E-state index contributed by atoms with van der Waals surface area (Å²) in [5.41, 5.74) is 4.99. The molecule has 0 bridgehead atoms. The van der Waals surface area contributed by atoms with E-state index in [0.29, 0.717) is 0 Å². The maximum Gasteiger partial charge on any atom is 0.200 e. The summed E-state index contributed by atoms with van der Waals surface area (Å²) in [4.78, 5) is 0. The van der Waals surface area contributed by atoms with E-state index >= 15 is 0 Å². The lowest BCUT2D eigenvalue weighted by Gasteiger charge is -2.11. The van der Waals surface area contributed by atoms with Gasteiger partial charge in [-0.3, -0.25) is 0 Å². The van der Waals surface area contributed by atoms with Crippen LogP contribution in [0.1, 0.15) is 11.7 Å². The van der Waals surface area contributed by atoms with Crippen LogP contribution in [0.2, 0.25) is 0 Å². The van der Waals surface area contributed by atoms with Crippen molar-refractivity contribution in [3.05, 3.63) is 29.3 Å². The van der Waals surface area contributed by atoms with Gasteiger partial charge in [-0.05, 0) is 12.1 Å². The van der Waals surface area contributed by atoms with Gasteiger partial charge in [-0.2, -0.15) is 4.39 Å². The molecule has 0 aliphatic carbocycles. The lowest BCUT2D eigenvalue weighted by molar-refractivity contribution is 0.317. The monoisotopic (exact) mass is 205 g/mol. The average Bonchev–Trinajstić information content (AvgIpc) is 2.20. The highest BCUT2D eigenvalue weighted by molar-refractivity contribution is 5.37. The second-order valence-corrected chi connectivity index (χ2v) is 2.69. The highest BCUT2D eigenvalue weighted by atomic mass is 19.2. The summed E-state index contributed by atoms with van der Waals surface area (Å²) in [5.74, 6) is -2.70. The van der Waals surface area contributed by atoms with Crippen LogP contribution in [-0.2, 0) is 0 Å². The Morgan fingerprint density at radius 1 is 1.43 bits per heavy atom. The molecule has 0 radical (unpaired) electrons. The van der Waals surface area contributed by atoms with Gasteiger partial charge in [0, 0.05) is 12.1 Å². The Labute approximate surface area is 79.5 Å². The van der Waals surface area contributed by atoms with Crippen LogP contribution in [0.5, 0.6) is 5.75 Å². The number of methoxy groups -OCH3 is 1. The molecule has 0 aliphatic rings. The second kappa shape index (κ2) is 4.32. The minimum atomic E-state index is -1.56. The van der Waals surface area contributed by atoms with Crippen LogP contribution in [0.3, 0.4) is 0 Å². The number of hydrogen-bond acceptors (Lipinski definition) is 2. The summed E-state index contributed by atoms with van der Waals surface area (Å²) in [5, 5.41) is 0. The zero-order valence-electron chi connectivity index (χ0n) is 7.56. The molecule has 2 nitrogen and oxygen atoms in total. The van der Waals surface area contributed by atoms with Crippen molar-refractivity contribution in [1.29, 1.82) is 0 Å². The van der Waals surface area contributed by atoms with Gasteiger partial charge in [0.2, 0.25) is 5.82 Å². The number of benzene rings is 1. The molecule has 0 saturated heterocycles. The Morgan fingerprint density at radius 2 is 2.07 bits per heavy atom. The molecule has 1 rings (SSSR count). The van der Waals surface area contributed by atoms with Crippen LogP contribution in [0, 0.1) is 11.6 Å². The predicted molar refractivity (Wildman–Crippen MR) is 45.8 cm³/mol. The minimum absolute atomic E-state index is 0.0751. The first kappa shape index (κ1) is 10.8. The number of ether oxygens (including phenoxy) is 1. The first-order valence-corrected chi connectivity index (χ1v) is 3.97. The van der Waals surface area contributed by atoms with E-state index in [4.69, 9.17) is 5.73 Å². The Kier molecular flexibility index (Phi) is 3.35. The van der Waals surface area contributed by atoms with Gasteiger partial charge >= 0.3 is 0 Å².